The maximum atomic E-state index is 13.3. The van der Waals surface area contributed by atoms with Gasteiger partial charge in [-0.25, -0.2) is 0 Å². The van der Waals surface area contributed by atoms with Crippen molar-refractivity contribution in [1.29, 1.82) is 0 Å². The molecule has 8 nitrogen and oxygen atoms in total. The molecule has 3 aromatic rings. The quantitative estimate of drug-likeness (QED) is 0.482. The van der Waals surface area contributed by atoms with E-state index >= 15 is 0 Å². The minimum Gasteiger partial charge on any atom is -0.497 e. The zero-order valence-corrected chi connectivity index (χ0v) is 20.5. The van der Waals surface area contributed by atoms with Gasteiger partial charge in [0.15, 0.2) is 0 Å². The second-order valence-electron chi connectivity index (χ2n) is 8.52. The lowest BCUT2D eigenvalue weighted by atomic mass is 10.0. The fourth-order valence-electron chi connectivity index (χ4n) is 4.41. The SMILES string of the molecule is COc1ccc(OC)c([C@@H](C)NC(=O)CNC(=O)[C@@H]2c3ccccc3C(=O)N2Cc2ccccc2)c1. The van der Waals surface area contributed by atoms with Crippen LogP contribution in [0.25, 0.3) is 0 Å². The minimum atomic E-state index is -0.822. The third kappa shape index (κ3) is 5.17. The van der Waals surface area contributed by atoms with Crippen LogP contribution in [0.15, 0.2) is 72.8 Å². The van der Waals surface area contributed by atoms with Crippen molar-refractivity contribution in [3.05, 3.63) is 95.1 Å². The number of rotatable bonds is 9. The van der Waals surface area contributed by atoms with Gasteiger partial charge in [-0.2, -0.15) is 0 Å². The van der Waals surface area contributed by atoms with E-state index in [-0.39, 0.29) is 30.9 Å². The molecule has 1 aliphatic heterocycles. The maximum absolute atomic E-state index is 13.3. The number of nitrogens with one attached hydrogen (secondary N) is 2. The average molecular weight is 488 g/mol. The Bertz CT molecular complexity index is 1260. The lowest BCUT2D eigenvalue weighted by Crippen LogP contribution is -2.43. The maximum Gasteiger partial charge on any atom is 0.255 e. The van der Waals surface area contributed by atoms with Crippen molar-refractivity contribution in [2.24, 2.45) is 0 Å². The number of fused-ring (bicyclic) bond motifs is 1. The highest BCUT2D eigenvalue weighted by Crippen LogP contribution is 2.35. The smallest absolute Gasteiger partial charge is 0.255 e. The topological polar surface area (TPSA) is 97.0 Å². The minimum absolute atomic E-state index is 0.210. The molecule has 1 aliphatic rings. The molecule has 186 valence electrons. The van der Waals surface area contributed by atoms with Crippen LogP contribution < -0.4 is 20.1 Å². The van der Waals surface area contributed by atoms with Crippen LogP contribution in [0.1, 0.15) is 46.1 Å². The number of hydrogen-bond acceptors (Lipinski definition) is 5. The highest BCUT2D eigenvalue weighted by molar-refractivity contribution is 6.05. The third-order valence-electron chi connectivity index (χ3n) is 6.21. The Labute approximate surface area is 210 Å². The fraction of sp³-hybridized carbons (Fsp3) is 0.250. The molecular formula is C28H29N3O5. The molecule has 0 bridgehead atoms. The molecular weight excluding hydrogens is 458 g/mol. The predicted octanol–water partition coefficient (Wildman–Crippen LogP) is 3.39. The first-order chi connectivity index (χ1) is 17.4. The molecule has 2 atom stereocenters. The van der Waals surface area contributed by atoms with Gasteiger partial charge in [-0.15, -0.1) is 0 Å². The number of carbonyl (C=O) groups excluding carboxylic acids is 3. The van der Waals surface area contributed by atoms with Gasteiger partial charge in [0.1, 0.15) is 17.5 Å². The Hall–Kier alpha value is -4.33. The van der Waals surface area contributed by atoms with Crippen molar-refractivity contribution in [3.8, 4) is 11.5 Å². The second-order valence-corrected chi connectivity index (χ2v) is 8.52. The van der Waals surface area contributed by atoms with Crippen molar-refractivity contribution in [1.82, 2.24) is 15.5 Å². The number of methoxy groups -OCH3 is 2. The summed E-state index contributed by atoms with van der Waals surface area (Å²) in [6.45, 7) is 1.87. The van der Waals surface area contributed by atoms with E-state index in [0.29, 0.717) is 22.6 Å². The number of carbonyl (C=O) groups is 3. The second kappa shape index (κ2) is 10.9. The molecule has 3 amide bonds. The lowest BCUT2D eigenvalue weighted by Gasteiger charge is -2.25. The van der Waals surface area contributed by atoms with Crippen molar-refractivity contribution >= 4 is 17.7 Å². The summed E-state index contributed by atoms with van der Waals surface area (Å²) in [5, 5.41) is 5.59. The lowest BCUT2D eigenvalue weighted by molar-refractivity contribution is -0.129. The van der Waals surface area contributed by atoms with E-state index in [4.69, 9.17) is 9.47 Å². The van der Waals surface area contributed by atoms with Crippen molar-refractivity contribution in [2.75, 3.05) is 20.8 Å². The van der Waals surface area contributed by atoms with Crippen LogP contribution in [0.3, 0.4) is 0 Å². The predicted molar refractivity (Wildman–Crippen MR) is 135 cm³/mol. The molecule has 3 aromatic carbocycles. The monoisotopic (exact) mass is 487 g/mol. The molecule has 36 heavy (non-hydrogen) atoms. The molecule has 1 heterocycles. The van der Waals surface area contributed by atoms with E-state index in [1.807, 2.05) is 37.3 Å². The molecule has 8 heteroatoms. The van der Waals surface area contributed by atoms with Gasteiger partial charge in [-0.1, -0.05) is 48.5 Å². The summed E-state index contributed by atoms with van der Waals surface area (Å²) in [5.41, 5.74) is 2.79. The van der Waals surface area contributed by atoms with Gasteiger partial charge < -0.3 is 25.0 Å². The van der Waals surface area contributed by atoms with E-state index in [0.717, 1.165) is 11.1 Å². The Balaban J connectivity index is 1.45. The molecule has 2 N–H and O–H groups in total. The van der Waals surface area contributed by atoms with Gasteiger partial charge in [0, 0.05) is 17.7 Å². The summed E-state index contributed by atoms with van der Waals surface area (Å²) >= 11 is 0. The van der Waals surface area contributed by atoms with Crippen LogP contribution in [0, 0.1) is 0 Å². The van der Waals surface area contributed by atoms with Gasteiger partial charge >= 0.3 is 0 Å². The summed E-state index contributed by atoms with van der Waals surface area (Å²) in [5.74, 6) is 0.269. The largest absolute Gasteiger partial charge is 0.497 e. The normalized spacial score (nSPS) is 15.1. The summed E-state index contributed by atoms with van der Waals surface area (Å²) < 4.78 is 10.7. The van der Waals surface area contributed by atoms with E-state index in [1.54, 1.807) is 56.7 Å². The molecule has 0 saturated carbocycles. The van der Waals surface area contributed by atoms with Crippen LogP contribution in [-0.4, -0.2) is 43.4 Å². The van der Waals surface area contributed by atoms with Gasteiger partial charge in [0.2, 0.25) is 11.8 Å². The van der Waals surface area contributed by atoms with Crippen LogP contribution in [-0.2, 0) is 16.1 Å². The van der Waals surface area contributed by atoms with E-state index in [9.17, 15) is 14.4 Å². The Morgan fingerprint density at radius 3 is 2.42 bits per heavy atom. The number of hydrogen-bond donors (Lipinski definition) is 2. The number of benzene rings is 3. The summed E-state index contributed by atoms with van der Waals surface area (Å²) in [6.07, 6.45) is 0. The Morgan fingerprint density at radius 2 is 1.69 bits per heavy atom. The molecule has 0 radical (unpaired) electrons. The Kier molecular flexibility index (Phi) is 7.53. The molecule has 0 aliphatic carbocycles. The molecule has 0 spiro atoms. The average Bonchev–Trinajstić information content (AvgIpc) is 3.18. The third-order valence-corrected chi connectivity index (χ3v) is 6.21. The van der Waals surface area contributed by atoms with Crippen molar-refractivity contribution < 1.29 is 23.9 Å². The zero-order chi connectivity index (χ0) is 25.7. The first-order valence-corrected chi connectivity index (χ1v) is 11.7. The molecule has 0 fully saturated rings. The van der Waals surface area contributed by atoms with E-state index in [1.165, 1.54) is 4.90 Å². The summed E-state index contributed by atoms with van der Waals surface area (Å²) in [7, 11) is 3.12. The first-order valence-electron chi connectivity index (χ1n) is 11.7. The standard InChI is InChI=1S/C28H29N3O5/c1-18(23-15-20(35-2)13-14-24(23)36-3)30-25(32)16-29-27(33)26-21-11-7-8-12-22(21)28(34)31(26)17-19-9-5-4-6-10-19/h4-15,18,26H,16-17H2,1-3H3,(H,29,33)(H,30,32)/t18-,26+/m1/s1. The van der Waals surface area contributed by atoms with Crippen LogP contribution in [0.2, 0.25) is 0 Å². The Morgan fingerprint density at radius 1 is 0.972 bits per heavy atom. The molecule has 0 aromatic heterocycles. The van der Waals surface area contributed by atoms with Crippen LogP contribution in [0.5, 0.6) is 11.5 Å². The van der Waals surface area contributed by atoms with Crippen LogP contribution in [0.4, 0.5) is 0 Å². The summed E-state index contributed by atoms with van der Waals surface area (Å²) in [4.78, 5) is 40.6. The molecule has 0 unspecified atom stereocenters. The first kappa shape index (κ1) is 24.8. The highest BCUT2D eigenvalue weighted by Gasteiger charge is 2.40. The van der Waals surface area contributed by atoms with Gasteiger partial charge in [0.25, 0.3) is 5.91 Å². The molecule has 0 saturated heterocycles. The number of amides is 3. The highest BCUT2D eigenvalue weighted by atomic mass is 16.5. The van der Waals surface area contributed by atoms with Gasteiger partial charge in [-0.3, -0.25) is 14.4 Å². The molecule has 4 rings (SSSR count). The van der Waals surface area contributed by atoms with Crippen molar-refractivity contribution in [2.45, 2.75) is 25.6 Å². The fourth-order valence-corrected chi connectivity index (χ4v) is 4.41. The van der Waals surface area contributed by atoms with E-state index < -0.39 is 11.9 Å². The van der Waals surface area contributed by atoms with E-state index in [2.05, 4.69) is 10.6 Å². The summed E-state index contributed by atoms with van der Waals surface area (Å²) in [6, 6.07) is 20.7. The van der Waals surface area contributed by atoms with Crippen LogP contribution >= 0.6 is 0 Å². The number of nitrogens with zero attached hydrogens (tertiary/aromatic N) is 1. The number of ether oxygens (including phenoxy) is 2. The van der Waals surface area contributed by atoms with Gasteiger partial charge in [0.05, 0.1) is 26.8 Å². The van der Waals surface area contributed by atoms with Gasteiger partial charge in [-0.05, 0) is 42.3 Å². The van der Waals surface area contributed by atoms with Crippen molar-refractivity contribution in [3.63, 3.8) is 0 Å². The zero-order valence-electron chi connectivity index (χ0n) is 20.5.